The van der Waals surface area contributed by atoms with Gasteiger partial charge in [-0.1, -0.05) is 99.2 Å². The van der Waals surface area contributed by atoms with Crippen LogP contribution in [0.4, 0.5) is 5.69 Å². The number of Topliss-reactive ketones (excluding diaryl/α,β-unsaturated/α-hetero) is 1. The van der Waals surface area contributed by atoms with Gasteiger partial charge in [0.15, 0.2) is 5.78 Å². The van der Waals surface area contributed by atoms with Crippen LogP contribution in [0.1, 0.15) is 81.3 Å². The van der Waals surface area contributed by atoms with Gasteiger partial charge in [0.05, 0.1) is 18.1 Å². The number of nitrogens with two attached hydrogens (primary N) is 1. The molecule has 0 aromatic heterocycles. The molecular formula is C34H46N4O. The number of hydrogen-bond donors (Lipinski definition) is 4. The Labute approximate surface area is 234 Å². The van der Waals surface area contributed by atoms with Crippen molar-refractivity contribution >= 4 is 22.2 Å². The molecule has 208 valence electrons. The summed E-state index contributed by atoms with van der Waals surface area (Å²) in [6.07, 6.45) is 12.8. The Kier molecular flexibility index (Phi) is 9.67. The maximum absolute atomic E-state index is 14.6. The van der Waals surface area contributed by atoms with E-state index in [4.69, 9.17) is 5.73 Å². The van der Waals surface area contributed by atoms with E-state index in [-0.39, 0.29) is 23.9 Å². The molecule has 2 atom stereocenters. The Morgan fingerprint density at radius 2 is 1.38 bits per heavy atom. The highest BCUT2D eigenvalue weighted by molar-refractivity contribution is 5.93. The summed E-state index contributed by atoms with van der Waals surface area (Å²) in [6.45, 7) is 0. The maximum Gasteiger partial charge on any atom is 0.160 e. The van der Waals surface area contributed by atoms with E-state index < -0.39 is 0 Å². The molecule has 0 spiro atoms. The highest BCUT2D eigenvalue weighted by atomic mass is 16.1. The van der Waals surface area contributed by atoms with Gasteiger partial charge < -0.3 is 11.1 Å². The van der Waals surface area contributed by atoms with Crippen LogP contribution in [-0.4, -0.2) is 37.1 Å². The molecule has 0 saturated heterocycles. The Bertz CT molecular complexity index is 1190. The molecule has 5 rings (SSSR count). The Morgan fingerprint density at radius 1 is 0.795 bits per heavy atom. The van der Waals surface area contributed by atoms with Gasteiger partial charge in [0.2, 0.25) is 0 Å². The lowest BCUT2D eigenvalue weighted by Gasteiger charge is -2.38. The SMILES string of the molecule is CNC(Cc1ccc2ccccc2c1)C(=O)C(c1ccccc1N)C(NC1CCCCC1)NC1CCCCC1. The predicted octanol–water partition coefficient (Wildman–Crippen LogP) is 6.08. The van der Waals surface area contributed by atoms with E-state index in [1.165, 1.54) is 80.5 Å². The molecular weight excluding hydrogens is 480 g/mol. The fourth-order valence-electron chi connectivity index (χ4n) is 6.74. The molecule has 2 aliphatic rings. The van der Waals surface area contributed by atoms with E-state index in [0.29, 0.717) is 24.2 Å². The number of fused-ring (bicyclic) bond motifs is 1. The molecule has 0 heterocycles. The average molecular weight is 527 g/mol. The normalized spacial score (nSPS) is 18.8. The molecule has 3 aromatic rings. The number of carbonyl (C=O) groups excluding carboxylic acids is 1. The van der Waals surface area contributed by atoms with Crippen molar-refractivity contribution in [3.05, 3.63) is 77.9 Å². The third-order valence-corrected chi connectivity index (χ3v) is 8.96. The predicted molar refractivity (Wildman–Crippen MR) is 163 cm³/mol. The molecule has 5 N–H and O–H groups in total. The van der Waals surface area contributed by atoms with Crippen LogP contribution < -0.4 is 21.7 Å². The summed E-state index contributed by atoms with van der Waals surface area (Å²) in [5.74, 6) is -0.187. The van der Waals surface area contributed by atoms with Crippen LogP contribution in [0, 0.1) is 0 Å². The first-order valence-corrected chi connectivity index (χ1v) is 15.2. The fourth-order valence-corrected chi connectivity index (χ4v) is 6.74. The van der Waals surface area contributed by atoms with Gasteiger partial charge >= 0.3 is 0 Å². The lowest BCUT2D eigenvalue weighted by molar-refractivity contribution is -0.123. The van der Waals surface area contributed by atoms with E-state index in [9.17, 15) is 4.79 Å². The van der Waals surface area contributed by atoms with Crippen molar-refractivity contribution in [1.82, 2.24) is 16.0 Å². The summed E-state index contributed by atoms with van der Waals surface area (Å²) in [4.78, 5) is 14.6. The van der Waals surface area contributed by atoms with Gasteiger partial charge in [-0.3, -0.25) is 15.4 Å². The van der Waals surface area contributed by atoms with Gasteiger partial charge in [0.25, 0.3) is 0 Å². The maximum atomic E-state index is 14.6. The highest BCUT2D eigenvalue weighted by Crippen LogP contribution is 2.31. The number of likely N-dealkylation sites (N-methyl/N-ethyl adjacent to an activating group) is 1. The third kappa shape index (κ3) is 7.08. The van der Waals surface area contributed by atoms with Gasteiger partial charge in [0, 0.05) is 17.8 Å². The number of carbonyl (C=O) groups is 1. The number of benzene rings is 3. The van der Waals surface area contributed by atoms with Gasteiger partial charge in [-0.15, -0.1) is 0 Å². The Balaban J connectivity index is 1.46. The van der Waals surface area contributed by atoms with E-state index in [0.717, 1.165) is 5.56 Å². The van der Waals surface area contributed by atoms with Crippen LogP contribution in [0.2, 0.25) is 0 Å². The monoisotopic (exact) mass is 526 g/mol. The van der Waals surface area contributed by atoms with Crippen molar-refractivity contribution in [3.63, 3.8) is 0 Å². The molecule has 2 aliphatic carbocycles. The standard InChI is InChI=1S/C34H46N4O/c1-36-31(23-24-20-21-25-12-8-9-13-26(25)22-24)33(39)32(29-18-10-11-19-30(29)35)34(37-27-14-4-2-5-15-27)38-28-16-6-3-7-17-28/h8-13,18-22,27-28,31-32,34,36-38H,2-7,14-17,23,35H2,1H3. The minimum absolute atomic E-state index is 0.152. The topological polar surface area (TPSA) is 79.2 Å². The van der Waals surface area contributed by atoms with Crippen LogP contribution in [-0.2, 0) is 11.2 Å². The van der Waals surface area contributed by atoms with Crippen molar-refractivity contribution in [2.45, 2.75) is 101 Å². The second-order valence-corrected chi connectivity index (χ2v) is 11.7. The molecule has 0 aliphatic heterocycles. The molecule has 3 aromatic carbocycles. The van der Waals surface area contributed by atoms with Crippen LogP contribution >= 0.6 is 0 Å². The van der Waals surface area contributed by atoms with Crippen molar-refractivity contribution in [2.24, 2.45) is 0 Å². The minimum Gasteiger partial charge on any atom is -0.398 e. The summed E-state index contributed by atoms with van der Waals surface area (Å²) in [5.41, 5.74) is 9.38. The summed E-state index contributed by atoms with van der Waals surface area (Å²) in [5, 5.41) is 13.7. The Morgan fingerprint density at radius 3 is 2.00 bits per heavy atom. The summed E-state index contributed by atoms with van der Waals surface area (Å²) < 4.78 is 0. The summed E-state index contributed by atoms with van der Waals surface area (Å²) in [6, 6.07) is 23.4. The zero-order valence-electron chi connectivity index (χ0n) is 23.5. The minimum atomic E-state index is -0.382. The zero-order chi connectivity index (χ0) is 27.0. The molecule has 5 heteroatoms. The number of anilines is 1. The number of para-hydroxylation sites is 1. The molecule has 2 unspecified atom stereocenters. The van der Waals surface area contributed by atoms with E-state index in [1.807, 2.05) is 25.2 Å². The van der Waals surface area contributed by atoms with E-state index in [2.05, 4.69) is 64.5 Å². The number of nitrogens with one attached hydrogen (secondary N) is 3. The fraction of sp³-hybridized carbons (Fsp3) is 0.500. The van der Waals surface area contributed by atoms with E-state index in [1.54, 1.807) is 0 Å². The highest BCUT2D eigenvalue weighted by Gasteiger charge is 2.37. The second kappa shape index (κ2) is 13.6. The van der Waals surface area contributed by atoms with Gasteiger partial charge in [-0.2, -0.15) is 0 Å². The summed E-state index contributed by atoms with van der Waals surface area (Å²) >= 11 is 0. The largest absolute Gasteiger partial charge is 0.398 e. The molecule has 5 nitrogen and oxygen atoms in total. The molecule has 0 amide bonds. The van der Waals surface area contributed by atoms with Crippen molar-refractivity contribution in [1.29, 1.82) is 0 Å². The van der Waals surface area contributed by atoms with Gasteiger partial charge in [0.1, 0.15) is 0 Å². The van der Waals surface area contributed by atoms with Crippen LogP contribution in [0.15, 0.2) is 66.7 Å². The Hall–Kier alpha value is -2.73. The first kappa shape index (κ1) is 27.8. The smallest absolute Gasteiger partial charge is 0.160 e. The summed E-state index contributed by atoms with van der Waals surface area (Å²) in [7, 11) is 1.91. The number of nitrogen functional groups attached to an aromatic ring is 1. The van der Waals surface area contributed by atoms with Crippen molar-refractivity contribution in [2.75, 3.05) is 12.8 Å². The number of hydrogen-bond acceptors (Lipinski definition) is 5. The van der Waals surface area contributed by atoms with Crippen LogP contribution in [0.5, 0.6) is 0 Å². The molecule has 2 saturated carbocycles. The van der Waals surface area contributed by atoms with Gasteiger partial charge in [-0.25, -0.2) is 0 Å². The second-order valence-electron chi connectivity index (χ2n) is 11.7. The number of rotatable bonds is 11. The van der Waals surface area contributed by atoms with Crippen molar-refractivity contribution in [3.8, 4) is 0 Å². The van der Waals surface area contributed by atoms with Crippen LogP contribution in [0.25, 0.3) is 10.8 Å². The van der Waals surface area contributed by atoms with E-state index >= 15 is 0 Å². The first-order valence-electron chi connectivity index (χ1n) is 15.2. The van der Waals surface area contributed by atoms with Crippen LogP contribution in [0.3, 0.4) is 0 Å². The third-order valence-electron chi connectivity index (χ3n) is 8.96. The molecule has 39 heavy (non-hydrogen) atoms. The number of ketones is 1. The van der Waals surface area contributed by atoms with Crippen molar-refractivity contribution < 1.29 is 4.79 Å². The quantitative estimate of drug-likeness (QED) is 0.180. The zero-order valence-corrected chi connectivity index (χ0v) is 23.5. The molecule has 0 radical (unpaired) electrons. The average Bonchev–Trinajstić information content (AvgIpc) is 2.98. The lowest BCUT2D eigenvalue weighted by Crippen LogP contribution is -2.58. The lowest BCUT2D eigenvalue weighted by atomic mass is 9.83. The molecule has 0 bridgehead atoms. The molecule has 2 fully saturated rings. The first-order chi connectivity index (χ1) is 19.1. The van der Waals surface area contributed by atoms with Gasteiger partial charge in [-0.05, 0) is 67.1 Å².